The van der Waals surface area contributed by atoms with Gasteiger partial charge in [-0.25, -0.2) is 0 Å². The van der Waals surface area contributed by atoms with Crippen LogP contribution < -0.4 is 5.32 Å². The number of hydrogen-bond acceptors (Lipinski definition) is 4. The lowest BCUT2D eigenvalue weighted by molar-refractivity contribution is -0.140. The van der Waals surface area contributed by atoms with E-state index in [4.69, 9.17) is 4.74 Å². The molecule has 0 bridgehead atoms. The largest absolute Gasteiger partial charge is 0.396 e. The number of hydrogen-bond donors (Lipinski definition) is 2. The molecule has 3 rings (SSSR count). The van der Waals surface area contributed by atoms with Crippen molar-refractivity contribution in [3.05, 3.63) is 35.9 Å². The molecule has 1 heterocycles. The molecular weight excluding hydrogens is 304 g/mol. The lowest BCUT2D eigenvalue weighted by Gasteiger charge is -2.35. The van der Waals surface area contributed by atoms with Crippen LogP contribution in [0, 0.1) is 5.41 Å². The van der Waals surface area contributed by atoms with Crippen LogP contribution in [0.25, 0.3) is 0 Å². The molecule has 0 spiro atoms. The SMILES string of the molecule is CC1(CO)CCCC1NC(=O)C1CN(Cc2ccccc2)CCO1. The first-order valence-electron chi connectivity index (χ1n) is 8.90. The van der Waals surface area contributed by atoms with Crippen molar-refractivity contribution in [2.45, 2.75) is 44.9 Å². The van der Waals surface area contributed by atoms with Gasteiger partial charge < -0.3 is 15.2 Å². The van der Waals surface area contributed by atoms with Crippen LogP contribution in [0.2, 0.25) is 0 Å². The topological polar surface area (TPSA) is 61.8 Å². The molecule has 2 aliphatic rings. The number of nitrogens with one attached hydrogen (secondary N) is 1. The van der Waals surface area contributed by atoms with E-state index in [0.29, 0.717) is 13.2 Å². The Morgan fingerprint density at radius 2 is 2.21 bits per heavy atom. The van der Waals surface area contributed by atoms with Crippen LogP contribution in [0.4, 0.5) is 0 Å². The highest BCUT2D eigenvalue weighted by Crippen LogP contribution is 2.37. The minimum atomic E-state index is -0.425. The van der Waals surface area contributed by atoms with Crippen molar-refractivity contribution in [2.24, 2.45) is 5.41 Å². The lowest BCUT2D eigenvalue weighted by Crippen LogP contribution is -2.53. The zero-order valence-electron chi connectivity index (χ0n) is 14.4. The van der Waals surface area contributed by atoms with E-state index in [1.54, 1.807) is 0 Å². The Balaban J connectivity index is 1.55. The zero-order chi connectivity index (χ0) is 17.0. The summed E-state index contributed by atoms with van der Waals surface area (Å²) in [6.07, 6.45) is 2.52. The Bertz CT molecular complexity index is 551. The Morgan fingerprint density at radius 1 is 1.42 bits per heavy atom. The van der Waals surface area contributed by atoms with E-state index >= 15 is 0 Å². The number of nitrogens with zero attached hydrogens (tertiary/aromatic N) is 1. The summed E-state index contributed by atoms with van der Waals surface area (Å²) >= 11 is 0. The fraction of sp³-hybridized carbons (Fsp3) is 0.632. The van der Waals surface area contributed by atoms with Gasteiger partial charge in [0.1, 0.15) is 6.10 Å². The van der Waals surface area contributed by atoms with Gasteiger partial charge in [0.2, 0.25) is 0 Å². The molecule has 0 radical (unpaired) electrons. The first-order valence-corrected chi connectivity index (χ1v) is 8.90. The number of morpholine rings is 1. The lowest BCUT2D eigenvalue weighted by atomic mass is 9.85. The van der Waals surface area contributed by atoms with Gasteiger partial charge in [-0.2, -0.15) is 0 Å². The van der Waals surface area contributed by atoms with E-state index in [0.717, 1.165) is 32.4 Å². The van der Waals surface area contributed by atoms with Gasteiger partial charge in [0.05, 0.1) is 13.2 Å². The van der Waals surface area contributed by atoms with Crippen LogP contribution in [0.3, 0.4) is 0 Å². The third-order valence-electron chi connectivity index (χ3n) is 5.45. The maximum Gasteiger partial charge on any atom is 0.250 e. The highest BCUT2D eigenvalue weighted by atomic mass is 16.5. The summed E-state index contributed by atoms with van der Waals surface area (Å²) in [5.41, 5.74) is 1.05. The minimum absolute atomic E-state index is 0.0423. The standard InChI is InChI=1S/C19H28N2O3/c1-19(14-22)9-5-8-17(19)20-18(23)16-13-21(10-11-24-16)12-15-6-3-2-4-7-15/h2-4,6-7,16-17,22H,5,8-14H2,1H3,(H,20,23). The first-order chi connectivity index (χ1) is 11.6. The van der Waals surface area contributed by atoms with Crippen LogP contribution in [0.5, 0.6) is 0 Å². The van der Waals surface area contributed by atoms with E-state index in [1.807, 2.05) is 25.1 Å². The molecule has 3 unspecified atom stereocenters. The summed E-state index contributed by atoms with van der Waals surface area (Å²) in [5, 5.41) is 12.8. The number of carbonyl (C=O) groups excluding carboxylic acids is 1. The van der Waals surface area contributed by atoms with Gasteiger partial charge in [-0.1, -0.05) is 43.7 Å². The third kappa shape index (κ3) is 3.97. The van der Waals surface area contributed by atoms with Gasteiger partial charge in [-0.15, -0.1) is 0 Å². The summed E-state index contributed by atoms with van der Waals surface area (Å²) in [5.74, 6) is -0.0423. The number of carbonyl (C=O) groups is 1. The molecule has 1 aliphatic heterocycles. The smallest absolute Gasteiger partial charge is 0.250 e. The van der Waals surface area contributed by atoms with Crippen LogP contribution in [-0.2, 0) is 16.1 Å². The molecular formula is C19H28N2O3. The van der Waals surface area contributed by atoms with Crippen molar-refractivity contribution >= 4 is 5.91 Å². The van der Waals surface area contributed by atoms with Crippen molar-refractivity contribution in [2.75, 3.05) is 26.3 Å². The fourth-order valence-electron chi connectivity index (χ4n) is 3.78. The molecule has 1 aromatic rings. The van der Waals surface area contributed by atoms with Gasteiger partial charge >= 0.3 is 0 Å². The number of benzene rings is 1. The summed E-state index contributed by atoms with van der Waals surface area (Å²) in [7, 11) is 0. The van der Waals surface area contributed by atoms with E-state index in [1.165, 1.54) is 5.56 Å². The van der Waals surface area contributed by atoms with Gasteiger partial charge in [0, 0.05) is 31.1 Å². The number of ether oxygens (including phenoxy) is 1. The number of amides is 1. The maximum absolute atomic E-state index is 12.6. The van der Waals surface area contributed by atoms with Gasteiger partial charge in [-0.05, 0) is 18.4 Å². The summed E-state index contributed by atoms with van der Waals surface area (Å²) in [6.45, 7) is 5.04. The Morgan fingerprint density at radius 3 is 2.96 bits per heavy atom. The maximum atomic E-state index is 12.6. The fourth-order valence-corrected chi connectivity index (χ4v) is 3.78. The highest BCUT2D eigenvalue weighted by molar-refractivity contribution is 5.81. The number of aliphatic hydroxyl groups is 1. The molecule has 24 heavy (non-hydrogen) atoms. The summed E-state index contributed by atoms with van der Waals surface area (Å²) in [6, 6.07) is 10.3. The summed E-state index contributed by atoms with van der Waals surface area (Å²) in [4.78, 5) is 14.9. The Labute approximate surface area is 144 Å². The number of rotatable bonds is 5. The second-order valence-corrected chi connectivity index (χ2v) is 7.35. The molecule has 5 heteroatoms. The van der Waals surface area contributed by atoms with E-state index in [2.05, 4.69) is 22.3 Å². The van der Waals surface area contributed by atoms with Crippen molar-refractivity contribution in [1.29, 1.82) is 0 Å². The van der Waals surface area contributed by atoms with E-state index < -0.39 is 6.10 Å². The van der Waals surface area contributed by atoms with Crippen LogP contribution >= 0.6 is 0 Å². The van der Waals surface area contributed by atoms with Crippen molar-refractivity contribution < 1.29 is 14.6 Å². The first kappa shape index (κ1) is 17.4. The molecule has 0 aromatic heterocycles. The molecule has 1 saturated carbocycles. The quantitative estimate of drug-likeness (QED) is 0.859. The van der Waals surface area contributed by atoms with Crippen molar-refractivity contribution in [3.63, 3.8) is 0 Å². The van der Waals surface area contributed by atoms with Crippen LogP contribution in [0.15, 0.2) is 30.3 Å². The molecule has 1 saturated heterocycles. The monoisotopic (exact) mass is 332 g/mol. The van der Waals surface area contributed by atoms with Crippen LogP contribution in [-0.4, -0.2) is 54.4 Å². The minimum Gasteiger partial charge on any atom is -0.396 e. The van der Waals surface area contributed by atoms with E-state index in [9.17, 15) is 9.90 Å². The molecule has 2 fully saturated rings. The van der Waals surface area contributed by atoms with Gasteiger partial charge in [0.15, 0.2) is 0 Å². The second-order valence-electron chi connectivity index (χ2n) is 7.35. The third-order valence-corrected chi connectivity index (χ3v) is 5.45. The molecule has 3 atom stereocenters. The van der Waals surface area contributed by atoms with Crippen molar-refractivity contribution in [1.82, 2.24) is 10.2 Å². The molecule has 132 valence electrons. The van der Waals surface area contributed by atoms with Gasteiger partial charge in [0.25, 0.3) is 5.91 Å². The average Bonchev–Trinajstić information content (AvgIpc) is 2.97. The molecule has 5 nitrogen and oxygen atoms in total. The summed E-state index contributed by atoms with van der Waals surface area (Å²) < 4.78 is 5.70. The Kier molecular flexibility index (Phi) is 5.54. The van der Waals surface area contributed by atoms with Crippen LogP contribution in [0.1, 0.15) is 31.7 Å². The molecule has 1 aromatic carbocycles. The predicted octanol–water partition coefficient (Wildman–Crippen LogP) is 1.55. The van der Waals surface area contributed by atoms with E-state index in [-0.39, 0.29) is 24.0 Å². The zero-order valence-corrected chi connectivity index (χ0v) is 14.4. The predicted molar refractivity (Wildman–Crippen MR) is 92.4 cm³/mol. The average molecular weight is 332 g/mol. The van der Waals surface area contributed by atoms with Gasteiger partial charge in [-0.3, -0.25) is 9.69 Å². The second kappa shape index (κ2) is 7.64. The highest BCUT2D eigenvalue weighted by Gasteiger charge is 2.40. The molecule has 1 aliphatic carbocycles. The normalized spacial score (nSPS) is 31.1. The molecule has 2 N–H and O–H groups in total. The van der Waals surface area contributed by atoms with Crippen molar-refractivity contribution in [3.8, 4) is 0 Å². The Hall–Kier alpha value is -1.43. The molecule has 1 amide bonds. The number of aliphatic hydroxyl groups excluding tert-OH is 1.